The van der Waals surface area contributed by atoms with E-state index in [9.17, 15) is 5.21 Å². The van der Waals surface area contributed by atoms with E-state index in [0.29, 0.717) is 12.1 Å². The minimum atomic E-state index is 0.596. The smallest absolute Gasteiger partial charge is 0.251 e. The van der Waals surface area contributed by atoms with Gasteiger partial charge in [0.2, 0.25) is 0 Å². The molecule has 3 nitrogen and oxygen atoms in total. The van der Waals surface area contributed by atoms with Crippen LogP contribution in [0.15, 0.2) is 60.8 Å². The second-order valence-corrected chi connectivity index (χ2v) is 4.04. The van der Waals surface area contributed by atoms with Gasteiger partial charge in [-0.25, -0.2) is 0 Å². The van der Waals surface area contributed by atoms with Gasteiger partial charge in [-0.2, -0.15) is 0 Å². The quantitative estimate of drug-likeness (QED) is 0.485. The summed E-state index contributed by atoms with van der Waals surface area (Å²) in [7, 11) is 0. The highest BCUT2D eigenvalue weighted by atomic mass is 16.5. The molecule has 1 aromatic heterocycles. The van der Waals surface area contributed by atoms with Crippen LogP contribution in [0.4, 0.5) is 0 Å². The summed E-state index contributed by atoms with van der Waals surface area (Å²) in [6, 6.07) is 17.6. The van der Waals surface area contributed by atoms with Gasteiger partial charge in [-0.05, 0) is 11.6 Å². The summed E-state index contributed by atoms with van der Waals surface area (Å²) < 4.78 is 1.68. The molecule has 0 saturated carbocycles. The van der Waals surface area contributed by atoms with Crippen LogP contribution in [0.5, 0.6) is 0 Å². The lowest BCUT2D eigenvalue weighted by molar-refractivity contribution is -0.669. The van der Waals surface area contributed by atoms with Crippen molar-refractivity contribution in [2.45, 2.75) is 6.54 Å². The topological polar surface area (TPSA) is 31.9 Å². The fourth-order valence-corrected chi connectivity index (χ4v) is 2.00. The maximum atomic E-state index is 12.0. The molecule has 3 rings (SSSR count). The number of rotatable bonds is 2. The Kier molecular flexibility index (Phi) is 2.29. The van der Waals surface area contributed by atoms with E-state index in [4.69, 9.17) is 0 Å². The third-order valence-corrected chi connectivity index (χ3v) is 2.85. The van der Waals surface area contributed by atoms with E-state index in [2.05, 4.69) is 0 Å². The van der Waals surface area contributed by atoms with Gasteiger partial charge in [0.05, 0.1) is 11.6 Å². The Bertz CT molecular complexity index is 644. The van der Waals surface area contributed by atoms with Gasteiger partial charge in [-0.1, -0.05) is 47.3 Å². The molecular formula is C14H12N2O. The lowest BCUT2D eigenvalue weighted by Crippen LogP contribution is -2.37. The molecule has 0 aliphatic carbocycles. The molecule has 3 heteroatoms. The normalized spacial score (nSPS) is 10.8. The van der Waals surface area contributed by atoms with Crippen molar-refractivity contribution in [3.63, 3.8) is 0 Å². The van der Waals surface area contributed by atoms with Gasteiger partial charge >= 0.3 is 0 Å². The third kappa shape index (κ3) is 1.76. The van der Waals surface area contributed by atoms with Crippen LogP contribution >= 0.6 is 0 Å². The predicted molar refractivity (Wildman–Crippen MR) is 66.4 cm³/mol. The van der Waals surface area contributed by atoms with Crippen LogP contribution < -0.4 is 4.85 Å². The Morgan fingerprint density at radius 2 is 1.65 bits per heavy atom. The molecule has 2 aromatic carbocycles. The molecule has 0 saturated heterocycles. The molecular weight excluding hydrogens is 212 g/mol. The molecule has 0 radical (unpaired) electrons. The molecule has 0 aliphatic heterocycles. The van der Waals surface area contributed by atoms with E-state index in [-0.39, 0.29) is 0 Å². The fourth-order valence-electron chi connectivity index (χ4n) is 2.00. The van der Waals surface area contributed by atoms with Gasteiger partial charge in [0.15, 0.2) is 0 Å². The van der Waals surface area contributed by atoms with Crippen LogP contribution in [0.3, 0.4) is 0 Å². The summed E-state index contributed by atoms with van der Waals surface area (Å²) in [6.45, 7) is 0.596. The standard InChI is InChI=1S/C14H12N2O/c17-16-14-9-5-4-8-13(14)11-15(16)10-12-6-2-1-3-7-12/h1-9,11H,10H2. The first-order valence-corrected chi connectivity index (χ1v) is 5.56. The Labute approximate surface area is 99.1 Å². The van der Waals surface area contributed by atoms with Crippen molar-refractivity contribution in [3.05, 3.63) is 71.6 Å². The van der Waals surface area contributed by atoms with Gasteiger partial charge in [0.1, 0.15) is 6.54 Å². The first kappa shape index (κ1) is 9.90. The lowest BCUT2D eigenvalue weighted by Gasteiger charge is -2.03. The summed E-state index contributed by atoms with van der Waals surface area (Å²) in [6.07, 6.45) is 1.88. The average Bonchev–Trinajstić information content (AvgIpc) is 2.68. The van der Waals surface area contributed by atoms with Crippen LogP contribution in [-0.4, -0.2) is 4.68 Å². The summed E-state index contributed by atoms with van der Waals surface area (Å²) in [5.41, 5.74) is 1.83. The first-order valence-electron chi connectivity index (χ1n) is 5.56. The number of aromatic nitrogens is 2. The Balaban J connectivity index is 2.04. The predicted octanol–water partition coefficient (Wildman–Crippen LogP) is 2.32. The fraction of sp³-hybridized carbons (Fsp3) is 0.0714. The maximum absolute atomic E-state index is 12.0. The molecule has 3 aromatic rings. The van der Waals surface area contributed by atoms with E-state index in [1.165, 1.54) is 0 Å². The van der Waals surface area contributed by atoms with Gasteiger partial charge in [0.25, 0.3) is 5.52 Å². The van der Waals surface area contributed by atoms with Crippen LogP contribution in [-0.2, 0) is 6.54 Å². The average molecular weight is 224 g/mol. The van der Waals surface area contributed by atoms with Crippen LogP contribution in [0, 0.1) is 5.21 Å². The molecule has 0 amide bonds. The molecule has 0 unspecified atom stereocenters. The highest BCUT2D eigenvalue weighted by molar-refractivity contribution is 5.74. The molecule has 84 valence electrons. The number of fused-ring (bicyclic) bond motifs is 1. The second-order valence-electron chi connectivity index (χ2n) is 4.04. The monoisotopic (exact) mass is 224 g/mol. The zero-order chi connectivity index (χ0) is 11.7. The molecule has 17 heavy (non-hydrogen) atoms. The molecule has 1 heterocycles. The molecule has 0 atom stereocenters. The summed E-state index contributed by atoms with van der Waals surface area (Å²) in [4.78, 5) is 0.947. The zero-order valence-corrected chi connectivity index (χ0v) is 9.28. The second kappa shape index (κ2) is 3.94. The number of benzene rings is 2. The molecule has 0 bridgehead atoms. The summed E-state index contributed by atoms with van der Waals surface area (Å²) in [5.74, 6) is 0. The van der Waals surface area contributed by atoms with Gasteiger partial charge < -0.3 is 5.21 Å². The largest absolute Gasteiger partial charge is 0.595 e. The van der Waals surface area contributed by atoms with E-state index in [0.717, 1.165) is 15.8 Å². The molecule has 0 aliphatic rings. The van der Waals surface area contributed by atoms with Crippen molar-refractivity contribution in [1.82, 2.24) is 4.68 Å². The first-order chi connectivity index (χ1) is 8.34. The zero-order valence-electron chi connectivity index (χ0n) is 9.28. The van der Waals surface area contributed by atoms with Crippen LogP contribution in [0.2, 0.25) is 0 Å². The van der Waals surface area contributed by atoms with Crippen molar-refractivity contribution in [1.29, 1.82) is 0 Å². The Morgan fingerprint density at radius 3 is 2.41 bits per heavy atom. The van der Waals surface area contributed by atoms with Crippen molar-refractivity contribution in [3.8, 4) is 0 Å². The van der Waals surface area contributed by atoms with Gasteiger partial charge in [0, 0.05) is 6.07 Å². The van der Waals surface area contributed by atoms with Crippen LogP contribution in [0.1, 0.15) is 5.56 Å². The summed E-state index contributed by atoms with van der Waals surface area (Å²) >= 11 is 0. The number of nitrogens with zero attached hydrogens (tertiary/aromatic N) is 2. The molecule has 0 fully saturated rings. The van der Waals surface area contributed by atoms with Crippen molar-refractivity contribution in [2.75, 3.05) is 0 Å². The van der Waals surface area contributed by atoms with Gasteiger partial charge in [-0.15, -0.1) is 4.68 Å². The van der Waals surface area contributed by atoms with Crippen molar-refractivity contribution in [2.24, 2.45) is 0 Å². The number of hydrogen-bond donors (Lipinski definition) is 0. The molecule has 0 N–H and O–H groups in total. The Morgan fingerprint density at radius 1 is 0.941 bits per heavy atom. The number of hydrogen-bond acceptors (Lipinski definition) is 1. The van der Waals surface area contributed by atoms with E-state index in [1.54, 1.807) is 4.68 Å². The lowest BCUT2D eigenvalue weighted by atomic mass is 10.2. The maximum Gasteiger partial charge on any atom is 0.251 e. The Hall–Kier alpha value is -2.29. The van der Waals surface area contributed by atoms with E-state index < -0.39 is 0 Å². The highest BCUT2D eigenvalue weighted by Crippen LogP contribution is 2.10. The van der Waals surface area contributed by atoms with Crippen molar-refractivity contribution >= 4 is 10.9 Å². The summed E-state index contributed by atoms with van der Waals surface area (Å²) in [5, 5.41) is 13.0. The van der Waals surface area contributed by atoms with E-state index in [1.807, 2.05) is 60.8 Å². The van der Waals surface area contributed by atoms with Gasteiger partial charge in [-0.3, -0.25) is 0 Å². The minimum Gasteiger partial charge on any atom is -0.595 e. The van der Waals surface area contributed by atoms with E-state index >= 15 is 0 Å². The number of para-hydroxylation sites is 1. The minimum absolute atomic E-state index is 0.596. The highest BCUT2D eigenvalue weighted by Gasteiger charge is 2.10. The third-order valence-electron chi connectivity index (χ3n) is 2.85. The SMILES string of the molecule is [O-][n+]1c2ccccc2cn1Cc1ccccc1. The van der Waals surface area contributed by atoms with Crippen LogP contribution in [0.25, 0.3) is 10.9 Å². The van der Waals surface area contributed by atoms with Crippen molar-refractivity contribution < 1.29 is 4.85 Å². The molecule has 0 spiro atoms.